The number of nitrogens with one attached hydrogen (secondary N) is 1. The minimum atomic E-state index is -0.233. The molecule has 1 aromatic heterocycles. The van der Waals surface area contributed by atoms with Gasteiger partial charge in [0.05, 0.1) is 24.6 Å². The minimum Gasteiger partial charge on any atom is -0.378 e. The fourth-order valence-corrected chi connectivity index (χ4v) is 3.08. The Balaban J connectivity index is 1.80. The highest BCUT2D eigenvalue weighted by Crippen LogP contribution is 2.28. The van der Waals surface area contributed by atoms with E-state index in [2.05, 4.69) is 10.2 Å². The summed E-state index contributed by atoms with van der Waals surface area (Å²) in [5, 5.41) is 3.37. The van der Waals surface area contributed by atoms with E-state index in [1.54, 1.807) is 12.1 Å². The Morgan fingerprint density at radius 3 is 2.65 bits per heavy atom. The molecule has 120 valence electrons. The van der Waals surface area contributed by atoms with Crippen LogP contribution in [0.3, 0.4) is 0 Å². The van der Waals surface area contributed by atoms with Gasteiger partial charge >= 0.3 is 0 Å². The molecule has 0 atom stereocenters. The summed E-state index contributed by atoms with van der Waals surface area (Å²) in [5.74, 6) is 0.525. The van der Waals surface area contributed by atoms with Crippen LogP contribution in [0.25, 0.3) is 11.3 Å². The molecular weight excluding hydrogens is 295 g/mol. The van der Waals surface area contributed by atoms with Crippen molar-refractivity contribution in [3.63, 3.8) is 0 Å². The van der Waals surface area contributed by atoms with Gasteiger partial charge in [0.2, 0.25) is 5.95 Å². The third-order valence-electron chi connectivity index (χ3n) is 4.33. The average Bonchev–Trinajstić information content (AvgIpc) is 2.62. The first kappa shape index (κ1) is 14.5. The number of aromatic nitrogens is 2. The van der Waals surface area contributed by atoms with Gasteiger partial charge in [0.25, 0.3) is 0 Å². The van der Waals surface area contributed by atoms with Crippen molar-refractivity contribution >= 4 is 5.95 Å². The highest BCUT2D eigenvalue weighted by molar-refractivity contribution is 5.66. The van der Waals surface area contributed by atoms with Crippen LogP contribution < -0.4 is 10.2 Å². The van der Waals surface area contributed by atoms with E-state index in [1.807, 2.05) is 0 Å². The molecule has 2 aliphatic rings. The van der Waals surface area contributed by atoms with Gasteiger partial charge < -0.3 is 15.0 Å². The van der Waals surface area contributed by atoms with E-state index >= 15 is 0 Å². The van der Waals surface area contributed by atoms with Crippen LogP contribution in [0.15, 0.2) is 24.3 Å². The van der Waals surface area contributed by atoms with Crippen LogP contribution in [0.5, 0.6) is 0 Å². The quantitative estimate of drug-likeness (QED) is 0.915. The summed E-state index contributed by atoms with van der Waals surface area (Å²) in [6.07, 6.45) is 0.892. The summed E-state index contributed by atoms with van der Waals surface area (Å²) < 4.78 is 18.7. The lowest BCUT2D eigenvalue weighted by Gasteiger charge is -2.29. The molecule has 0 aliphatic carbocycles. The first-order valence-electron chi connectivity index (χ1n) is 8.00. The second-order valence-electron chi connectivity index (χ2n) is 5.83. The normalized spacial score (nSPS) is 17.9. The van der Waals surface area contributed by atoms with Crippen LogP contribution in [0.4, 0.5) is 10.3 Å². The van der Waals surface area contributed by atoms with Crippen molar-refractivity contribution in [1.29, 1.82) is 0 Å². The minimum absolute atomic E-state index is 0.233. The number of nitrogens with zero attached hydrogens (tertiary/aromatic N) is 3. The molecule has 2 aromatic rings. The number of hydrogen-bond acceptors (Lipinski definition) is 5. The Morgan fingerprint density at radius 2 is 1.87 bits per heavy atom. The van der Waals surface area contributed by atoms with Crippen LogP contribution >= 0.6 is 0 Å². The van der Waals surface area contributed by atoms with Gasteiger partial charge in [-0.15, -0.1) is 0 Å². The van der Waals surface area contributed by atoms with Gasteiger partial charge in [-0.3, -0.25) is 0 Å². The maximum absolute atomic E-state index is 13.2. The van der Waals surface area contributed by atoms with Crippen molar-refractivity contribution < 1.29 is 9.13 Å². The number of benzene rings is 1. The SMILES string of the molecule is Fc1ccc(-c2nc(N3CCOCC3)nc3c2CNCC3)cc1. The van der Waals surface area contributed by atoms with E-state index in [1.165, 1.54) is 12.1 Å². The fraction of sp³-hybridized carbons (Fsp3) is 0.412. The first-order valence-corrected chi connectivity index (χ1v) is 8.00. The number of halogens is 1. The third kappa shape index (κ3) is 2.92. The van der Waals surface area contributed by atoms with Gasteiger partial charge in [0.15, 0.2) is 0 Å². The van der Waals surface area contributed by atoms with Gasteiger partial charge in [-0.2, -0.15) is 0 Å². The predicted octanol–water partition coefficient (Wildman–Crippen LogP) is 1.76. The number of rotatable bonds is 2. The highest BCUT2D eigenvalue weighted by atomic mass is 19.1. The van der Waals surface area contributed by atoms with Gasteiger partial charge in [0.1, 0.15) is 5.82 Å². The molecule has 1 fully saturated rings. The molecule has 0 unspecified atom stereocenters. The number of anilines is 1. The number of fused-ring (bicyclic) bond motifs is 1. The van der Waals surface area contributed by atoms with E-state index in [0.29, 0.717) is 13.2 Å². The molecule has 4 rings (SSSR count). The molecule has 6 heteroatoms. The maximum Gasteiger partial charge on any atom is 0.226 e. The van der Waals surface area contributed by atoms with Crippen molar-refractivity contribution in [2.24, 2.45) is 0 Å². The molecule has 23 heavy (non-hydrogen) atoms. The van der Waals surface area contributed by atoms with E-state index in [4.69, 9.17) is 14.7 Å². The van der Waals surface area contributed by atoms with E-state index < -0.39 is 0 Å². The molecule has 2 aliphatic heterocycles. The van der Waals surface area contributed by atoms with Crippen molar-refractivity contribution in [1.82, 2.24) is 15.3 Å². The Hall–Kier alpha value is -2.05. The van der Waals surface area contributed by atoms with Crippen molar-refractivity contribution in [2.45, 2.75) is 13.0 Å². The molecule has 3 heterocycles. The molecule has 1 saturated heterocycles. The molecule has 0 radical (unpaired) electrons. The van der Waals surface area contributed by atoms with Crippen LogP contribution in [-0.2, 0) is 17.7 Å². The largest absolute Gasteiger partial charge is 0.378 e. The molecule has 1 aromatic carbocycles. The standard InChI is InChI=1S/C17H19FN4O/c18-13-3-1-12(2-4-13)16-14-11-19-6-5-15(14)20-17(21-16)22-7-9-23-10-8-22/h1-4,19H,5-11H2. The Kier molecular flexibility index (Phi) is 3.93. The zero-order valence-corrected chi connectivity index (χ0v) is 12.9. The lowest BCUT2D eigenvalue weighted by Crippen LogP contribution is -2.38. The molecule has 0 bridgehead atoms. The molecule has 1 N–H and O–H groups in total. The summed E-state index contributed by atoms with van der Waals surface area (Å²) in [4.78, 5) is 11.8. The number of morpholine rings is 1. The van der Waals surface area contributed by atoms with Gasteiger partial charge in [-0.25, -0.2) is 14.4 Å². The van der Waals surface area contributed by atoms with E-state index in [0.717, 1.165) is 61.1 Å². The summed E-state index contributed by atoms with van der Waals surface area (Å²) in [6.45, 7) is 4.70. The predicted molar refractivity (Wildman–Crippen MR) is 85.9 cm³/mol. The molecule has 5 nitrogen and oxygen atoms in total. The second-order valence-corrected chi connectivity index (χ2v) is 5.83. The van der Waals surface area contributed by atoms with E-state index in [-0.39, 0.29) is 5.82 Å². The lowest BCUT2D eigenvalue weighted by molar-refractivity contribution is 0.122. The summed E-state index contributed by atoms with van der Waals surface area (Å²) in [6, 6.07) is 6.54. The number of hydrogen-bond donors (Lipinski definition) is 1. The Labute approximate surface area is 134 Å². The van der Waals surface area contributed by atoms with Crippen LogP contribution in [0.1, 0.15) is 11.3 Å². The fourth-order valence-electron chi connectivity index (χ4n) is 3.08. The van der Waals surface area contributed by atoms with Crippen molar-refractivity contribution in [3.05, 3.63) is 41.3 Å². The molecule has 0 saturated carbocycles. The number of ether oxygens (including phenoxy) is 1. The first-order chi connectivity index (χ1) is 11.3. The monoisotopic (exact) mass is 314 g/mol. The summed E-state index contributed by atoms with van der Waals surface area (Å²) >= 11 is 0. The van der Waals surface area contributed by atoms with Crippen molar-refractivity contribution in [2.75, 3.05) is 37.7 Å². The van der Waals surface area contributed by atoms with Gasteiger partial charge in [-0.1, -0.05) is 0 Å². The highest BCUT2D eigenvalue weighted by Gasteiger charge is 2.22. The van der Waals surface area contributed by atoms with Gasteiger partial charge in [0, 0.05) is 43.7 Å². The Morgan fingerprint density at radius 1 is 1.09 bits per heavy atom. The zero-order chi connectivity index (χ0) is 15.6. The molecular formula is C17H19FN4O. The zero-order valence-electron chi connectivity index (χ0n) is 12.9. The van der Waals surface area contributed by atoms with Crippen LogP contribution in [-0.4, -0.2) is 42.8 Å². The smallest absolute Gasteiger partial charge is 0.226 e. The summed E-state index contributed by atoms with van der Waals surface area (Å²) in [7, 11) is 0. The molecule has 0 spiro atoms. The topological polar surface area (TPSA) is 50.3 Å². The van der Waals surface area contributed by atoms with Crippen molar-refractivity contribution in [3.8, 4) is 11.3 Å². The summed E-state index contributed by atoms with van der Waals surface area (Å²) in [5.41, 5.74) is 4.06. The van der Waals surface area contributed by atoms with Gasteiger partial charge in [-0.05, 0) is 24.3 Å². The second kappa shape index (κ2) is 6.22. The average molecular weight is 314 g/mol. The molecule has 0 amide bonds. The maximum atomic E-state index is 13.2. The Bertz CT molecular complexity index is 698. The third-order valence-corrected chi connectivity index (χ3v) is 4.33. The van der Waals surface area contributed by atoms with E-state index in [9.17, 15) is 4.39 Å². The van der Waals surface area contributed by atoms with Crippen LogP contribution in [0.2, 0.25) is 0 Å². The van der Waals surface area contributed by atoms with Crippen LogP contribution in [0, 0.1) is 5.82 Å². The lowest BCUT2D eigenvalue weighted by atomic mass is 10.0.